The summed E-state index contributed by atoms with van der Waals surface area (Å²) < 4.78 is 0. The largest absolute Gasteiger partial charge is 0.508 e. The van der Waals surface area contributed by atoms with Gasteiger partial charge in [0.2, 0.25) is 0 Å². The third-order valence-corrected chi connectivity index (χ3v) is 2.91. The molecule has 1 fully saturated rings. The van der Waals surface area contributed by atoms with Gasteiger partial charge in [0.25, 0.3) is 0 Å². The van der Waals surface area contributed by atoms with Crippen molar-refractivity contribution < 1.29 is 5.11 Å². The summed E-state index contributed by atoms with van der Waals surface area (Å²) in [4.78, 5) is 2.20. The number of likely N-dealkylation sites (N-methyl/N-ethyl adjacent to an activating group) is 1. The van der Waals surface area contributed by atoms with Crippen molar-refractivity contribution >= 4 is 5.69 Å². The zero-order valence-corrected chi connectivity index (χ0v) is 8.62. The predicted octanol–water partition coefficient (Wildman–Crippen LogP) is 1.11. The lowest BCUT2D eigenvalue weighted by Crippen LogP contribution is -2.56. The Bertz CT molecular complexity index is 334. The van der Waals surface area contributed by atoms with Crippen LogP contribution in [0.3, 0.4) is 0 Å². The maximum Gasteiger partial charge on any atom is 0.120 e. The zero-order valence-electron chi connectivity index (χ0n) is 8.62. The summed E-state index contributed by atoms with van der Waals surface area (Å²) in [5, 5.41) is 12.8. The van der Waals surface area contributed by atoms with Crippen molar-refractivity contribution in [3.63, 3.8) is 0 Å². The van der Waals surface area contributed by atoms with Crippen molar-refractivity contribution in [2.24, 2.45) is 0 Å². The molecule has 1 aromatic rings. The van der Waals surface area contributed by atoms with E-state index in [4.69, 9.17) is 0 Å². The maximum absolute atomic E-state index is 9.58. The lowest BCUT2D eigenvalue weighted by atomic mass is 10.1. The first-order chi connectivity index (χ1) is 6.68. The number of hydrogen-bond acceptors (Lipinski definition) is 3. The standard InChI is InChI=1S/C11H16N2O/c1-8-3-4-9(5-11(8)14)13(2)10-6-12-7-10/h3-5,10,12,14H,6-7H2,1-2H3. The molecule has 0 atom stereocenters. The smallest absolute Gasteiger partial charge is 0.120 e. The van der Waals surface area contributed by atoms with Gasteiger partial charge in [0.05, 0.1) is 6.04 Å². The Morgan fingerprint density at radius 2 is 2.14 bits per heavy atom. The van der Waals surface area contributed by atoms with Crippen LogP contribution < -0.4 is 10.2 Å². The number of anilines is 1. The molecule has 0 aromatic heterocycles. The first-order valence-electron chi connectivity index (χ1n) is 4.91. The van der Waals surface area contributed by atoms with Crippen molar-refractivity contribution in [2.75, 3.05) is 25.0 Å². The number of benzene rings is 1. The fourth-order valence-corrected chi connectivity index (χ4v) is 1.58. The number of phenols is 1. The second-order valence-corrected chi connectivity index (χ2v) is 3.89. The molecule has 0 amide bonds. The Morgan fingerprint density at radius 3 is 2.64 bits per heavy atom. The first kappa shape index (κ1) is 9.34. The fraction of sp³-hybridized carbons (Fsp3) is 0.455. The molecule has 14 heavy (non-hydrogen) atoms. The predicted molar refractivity (Wildman–Crippen MR) is 57.9 cm³/mol. The molecule has 0 bridgehead atoms. The van der Waals surface area contributed by atoms with Gasteiger partial charge in [-0.15, -0.1) is 0 Å². The molecule has 1 aliphatic rings. The van der Waals surface area contributed by atoms with Gasteiger partial charge in [-0.1, -0.05) is 6.07 Å². The SMILES string of the molecule is Cc1ccc(N(C)C2CNC2)cc1O. The van der Waals surface area contributed by atoms with Crippen LogP contribution >= 0.6 is 0 Å². The van der Waals surface area contributed by atoms with E-state index in [1.54, 1.807) is 0 Å². The van der Waals surface area contributed by atoms with Gasteiger partial charge < -0.3 is 15.3 Å². The van der Waals surface area contributed by atoms with Crippen LogP contribution in [0.5, 0.6) is 5.75 Å². The lowest BCUT2D eigenvalue weighted by Gasteiger charge is -2.37. The van der Waals surface area contributed by atoms with Crippen LogP contribution in [0.15, 0.2) is 18.2 Å². The van der Waals surface area contributed by atoms with E-state index in [1.165, 1.54) is 0 Å². The molecule has 0 spiro atoms. The van der Waals surface area contributed by atoms with E-state index in [0.717, 1.165) is 24.3 Å². The van der Waals surface area contributed by atoms with E-state index >= 15 is 0 Å². The van der Waals surface area contributed by atoms with Crippen LogP contribution in [0.4, 0.5) is 5.69 Å². The molecule has 2 rings (SSSR count). The molecule has 0 radical (unpaired) electrons. The van der Waals surface area contributed by atoms with Gasteiger partial charge in [-0.3, -0.25) is 0 Å². The molecule has 1 saturated heterocycles. The number of phenolic OH excluding ortho intramolecular Hbond substituents is 1. The van der Waals surface area contributed by atoms with Gasteiger partial charge in [-0.25, -0.2) is 0 Å². The molecule has 3 nitrogen and oxygen atoms in total. The van der Waals surface area contributed by atoms with Crippen molar-refractivity contribution in [1.29, 1.82) is 0 Å². The van der Waals surface area contributed by atoms with Crippen LogP contribution in [0.25, 0.3) is 0 Å². The van der Waals surface area contributed by atoms with Gasteiger partial charge in [-0.05, 0) is 18.6 Å². The topological polar surface area (TPSA) is 35.5 Å². The Labute approximate surface area is 84.4 Å². The van der Waals surface area contributed by atoms with Gasteiger partial charge in [0, 0.05) is 31.9 Å². The number of rotatable bonds is 2. The normalized spacial score (nSPS) is 16.4. The maximum atomic E-state index is 9.58. The highest BCUT2D eigenvalue weighted by Gasteiger charge is 2.21. The van der Waals surface area contributed by atoms with Crippen molar-refractivity contribution in [3.8, 4) is 5.75 Å². The van der Waals surface area contributed by atoms with E-state index in [1.807, 2.05) is 25.1 Å². The van der Waals surface area contributed by atoms with Crippen molar-refractivity contribution in [3.05, 3.63) is 23.8 Å². The van der Waals surface area contributed by atoms with Crippen LogP contribution in [-0.2, 0) is 0 Å². The number of nitrogens with zero attached hydrogens (tertiary/aromatic N) is 1. The average Bonchev–Trinajstić information content (AvgIpc) is 2.06. The second kappa shape index (κ2) is 3.50. The average molecular weight is 192 g/mol. The lowest BCUT2D eigenvalue weighted by molar-refractivity contribution is 0.427. The molecule has 76 valence electrons. The molecule has 1 aliphatic heterocycles. The number of aromatic hydroxyl groups is 1. The number of hydrogen-bond donors (Lipinski definition) is 2. The third-order valence-electron chi connectivity index (χ3n) is 2.91. The summed E-state index contributed by atoms with van der Waals surface area (Å²) >= 11 is 0. The molecule has 1 heterocycles. The molecule has 0 unspecified atom stereocenters. The number of aryl methyl sites for hydroxylation is 1. The Kier molecular flexibility index (Phi) is 2.33. The van der Waals surface area contributed by atoms with E-state index in [0.29, 0.717) is 11.8 Å². The summed E-state index contributed by atoms with van der Waals surface area (Å²) in [6, 6.07) is 6.39. The highest BCUT2D eigenvalue weighted by molar-refractivity contribution is 5.53. The van der Waals surface area contributed by atoms with Crippen molar-refractivity contribution in [1.82, 2.24) is 5.32 Å². The van der Waals surface area contributed by atoms with Gasteiger partial charge in [0.15, 0.2) is 0 Å². The summed E-state index contributed by atoms with van der Waals surface area (Å²) in [7, 11) is 2.07. The minimum absolute atomic E-state index is 0.377. The van der Waals surface area contributed by atoms with Gasteiger partial charge in [-0.2, -0.15) is 0 Å². The minimum Gasteiger partial charge on any atom is -0.508 e. The summed E-state index contributed by atoms with van der Waals surface area (Å²) in [6.45, 7) is 3.97. The van der Waals surface area contributed by atoms with E-state index in [9.17, 15) is 5.11 Å². The van der Waals surface area contributed by atoms with Crippen molar-refractivity contribution in [2.45, 2.75) is 13.0 Å². The van der Waals surface area contributed by atoms with E-state index < -0.39 is 0 Å². The molecule has 3 heteroatoms. The second-order valence-electron chi connectivity index (χ2n) is 3.89. The Morgan fingerprint density at radius 1 is 1.43 bits per heavy atom. The summed E-state index contributed by atoms with van der Waals surface area (Å²) in [6.07, 6.45) is 0. The van der Waals surface area contributed by atoms with E-state index in [2.05, 4.69) is 17.3 Å². The first-order valence-corrected chi connectivity index (χ1v) is 4.91. The fourth-order valence-electron chi connectivity index (χ4n) is 1.58. The minimum atomic E-state index is 0.377. The van der Waals surface area contributed by atoms with E-state index in [-0.39, 0.29) is 0 Å². The van der Waals surface area contributed by atoms with Gasteiger partial charge >= 0.3 is 0 Å². The highest BCUT2D eigenvalue weighted by Crippen LogP contribution is 2.24. The van der Waals surface area contributed by atoms with Crippen LogP contribution in [-0.4, -0.2) is 31.3 Å². The Balaban J connectivity index is 2.18. The molecule has 0 saturated carbocycles. The zero-order chi connectivity index (χ0) is 10.1. The summed E-state index contributed by atoms with van der Waals surface area (Å²) in [5.41, 5.74) is 2.01. The molecule has 2 N–H and O–H groups in total. The van der Waals surface area contributed by atoms with Crippen LogP contribution in [0, 0.1) is 6.92 Å². The third kappa shape index (κ3) is 1.55. The Hall–Kier alpha value is -1.22. The van der Waals surface area contributed by atoms with Gasteiger partial charge in [0.1, 0.15) is 5.75 Å². The highest BCUT2D eigenvalue weighted by atomic mass is 16.3. The molecule has 1 aromatic carbocycles. The van der Waals surface area contributed by atoms with Crippen LogP contribution in [0.2, 0.25) is 0 Å². The summed E-state index contributed by atoms with van der Waals surface area (Å²) in [5.74, 6) is 0.377. The quantitative estimate of drug-likeness (QED) is 0.736. The monoisotopic (exact) mass is 192 g/mol. The molecular formula is C11H16N2O. The molecular weight excluding hydrogens is 176 g/mol. The molecule has 0 aliphatic carbocycles. The van der Waals surface area contributed by atoms with Crippen LogP contribution in [0.1, 0.15) is 5.56 Å². The number of nitrogens with one attached hydrogen (secondary N) is 1.